The second kappa shape index (κ2) is 5.78. The molecule has 1 aliphatic carbocycles. The van der Waals surface area contributed by atoms with E-state index in [-0.39, 0.29) is 12.5 Å². The molecule has 0 saturated heterocycles. The van der Waals surface area contributed by atoms with Crippen LogP contribution in [-0.4, -0.2) is 12.7 Å². The van der Waals surface area contributed by atoms with E-state index < -0.39 is 12.6 Å². The van der Waals surface area contributed by atoms with Crippen molar-refractivity contribution in [1.29, 1.82) is 0 Å². The Hall–Kier alpha value is -0.970. The molecule has 18 heavy (non-hydrogen) atoms. The van der Waals surface area contributed by atoms with Crippen LogP contribution in [0.4, 0.5) is 13.2 Å². The molecule has 1 atom stereocenters. The highest BCUT2D eigenvalue weighted by molar-refractivity contribution is 5.23. The van der Waals surface area contributed by atoms with Gasteiger partial charge < -0.3 is 9.73 Å². The highest BCUT2D eigenvalue weighted by Crippen LogP contribution is 2.30. The molecule has 1 aromatic rings. The molecule has 0 aliphatic heterocycles. The Morgan fingerprint density at radius 3 is 2.94 bits per heavy atom. The maximum absolute atomic E-state index is 12.0. The van der Waals surface area contributed by atoms with Gasteiger partial charge in [-0.25, -0.2) is 0 Å². The minimum absolute atomic E-state index is 0.196. The van der Waals surface area contributed by atoms with Gasteiger partial charge in [-0.15, -0.1) is 0 Å². The molecule has 2 nitrogen and oxygen atoms in total. The van der Waals surface area contributed by atoms with Gasteiger partial charge in [0, 0.05) is 24.4 Å². The van der Waals surface area contributed by atoms with E-state index in [4.69, 9.17) is 4.42 Å². The number of alkyl halides is 3. The van der Waals surface area contributed by atoms with E-state index in [1.165, 1.54) is 5.56 Å². The zero-order valence-electron chi connectivity index (χ0n) is 10.2. The number of hydrogen-bond donors (Lipinski definition) is 1. The molecule has 1 heterocycles. The Balaban J connectivity index is 1.69. The van der Waals surface area contributed by atoms with Crippen molar-refractivity contribution in [3.05, 3.63) is 23.7 Å². The van der Waals surface area contributed by atoms with Crippen LogP contribution in [0.25, 0.3) is 0 Å². The summed E-state index contributed by atoms with van der Waals surface area (Å²) in [7, 11) is 0. The summed E-state index contributed by atoms with van der Waals surface area (Å²) in [6.07, 6.45) is 0.805. The Morgan fingerprint density at radius 1 is 1.33 bits per heavy atom. The predicted octanol–water partition coefficient (Wildman–Crippen LogP) is 3.98. The van der Waals surface area contributed by atoms with Crippen LogP contribution in [0.15, 0.2) is 16.7 Å². The highest BCUT2D eigenvalue weighted by Gasteiger charge is 2.26. The van der Waals surface area contributed by atoms with Crippen molar-refractivity contribution in [2.75, 3.05) is 6.54 Å². The van der Waals surface area contributed by atoms with E-state index in [1.54, 1.807) is 6.26 Å². The summed E-state index contributed by atoms with van der Waals surface area (Å²) in [5.74, 6) is 1.02. The van der Waals surface area contributed by atoms with E-state index >= 15 is 0 Å². The fraction of sp³-hybridized carbons (Fsp3) is 0.692. The maximum Gasteiger partial charge on any atom is 0.389 e. The minimum Gasteiger partial charge on any atom is -0.469 e. The van der Waals surface area contributed by atoms with Gasteiger partial charge in [0.15, 0.2) is 0 Å². The fourth-order valence-corrected chi connectivity index (χ4v) is 2.43. The number of rotatable bonds is 5. The van der Waals surface area contributed by atoms with E-state index in [2.05, 4.69) is 5.32 Å². The zero-order chi connectivity index (χ0) is 13.0. The van der Waals surface area contributed by atoms with Crippen LogP contribution in [0.5, 0.6) is 0 Å². The predicted molar refractivity (Wildman–Crippen MR) is 62.3 cm³/mol. The van der Waals surface area contributed by atoms with Crippen LogP contribution in [0.3, 0.4) is 0 Å². The number of furan rings is 1. The monoisotopic (exact) mass is 261 g/mol. The van der Waals surface area contributed by atoms with Crippen LogP contribution in [0, 0.1) is 0 Å². The summed E-state index contributed by atoms with van der Waals surface area (Å²) in [6.45, 7) is 0.630. The smallest absolute Gasteiger partial charge is 0.389 e. The van der Waals surface area contributed by atoms with Gasteiger partial charge in [0.25, 0.3) is 0 Å². The molecule has 0 aromatic carbocycles. The lowest BCUT2D eigenvalue weighted by atomic mass is 9.93. The molecular weight excluding hydrogens is 243 g/mol. The van der Waals surface area contributed by atoms with Gasteiger partial charge in [0.2, 0.25) is 0 Å². The van der Waals surface area contributed by atoms with Crippen LogP contribution in [-0.2, 0) is 6.42 Å². The average molecular weight is 261 g/mol. The second-order valence-corrected chi connectivity index (χ2v) is 4.77. The molecular formula is C13H18F3NO. The van der Waals surface area contributed by atoms with Crippen molar-refractivity contribution in [2.24, 2.45) is 0 Å². The zero-order valence-corrected chi connectivity index (χ0v) is 10.2. The second-order valence-electron chi connectivity index (χ2n) is 4.77. The third-order valence-electron chi connectivity index (χ3n) is 3.33. The summed E-state index contributed by atoms with van der Waals surface area (Å²) < 4.78 is 41.3. The molecule has 0 bridgehead atoms. The largest absolute Gasteiger partial charge is 0.469 e. The van der Waals surface area contributed by atoms with Gasteiger partial charge in [-0.2, -0.15) is 13.2 Å². The lowest BCUT2D eigenvalue weighted by Crippen LogP contribution is -2.25. The normalized spacial score (nSPS) is 19.8. The number of aryl methyl sites for hydroxylation is 1. The Kier molecular flexibility index (Phi) is 4.32. The SMILES string of the molecule is FC(F)(F)CCCCNC1CCCc2occc21. The van der Waals surface area contributed by atoms with Gasteiger partial charge >= 0.3 is 6.18 Å². The Morgan fingerprint density at radius 2 is 2.17 bits per heavy atom. The van der Waals surface area contributed by atoms with Crippen LogP contribution in [0.2, 0.25) is 0 Å². The summed E-state index contributed by atoms with van der Waals surface area (Å²) >= 11 is 0. The molecule has 1 aromatic heterocycles. The van der Waals surface area contributed by atoms with E-state index in [0.717, 1.165) is 25.0 Å². The van der Waals surface area contributed by atoms with Crippen molar-refractivity contribution in [3.8, 4) is 0 Å². The molecule has 1 unspecified atom stereocenters. The molecule has 2 rings (SSSR count). The van der Waals surface area contributed by atoms with Crippen molar-refractivity contribution < 1.29 is 17.6 Å². The van der Waals surface area contributed by atoms with E-state index in [1.807, 2.05) is 6.07 Å². The summed E-state index contributed by atoms with van der Waals surface area (Å²) in [5, 5.41) is 3.32. The molecule has 0 saturated carbocycles. The van der Waals surface area contributed by atoms with Gasteiger partial charge in [0.05, 0.1) is 6.26 Å². The topological polar surface area (TPSA) is 25.2 Å². The molecule has 1 N–H and O–H groups in total. The lowest BCUT2D eigenvalue weighted by Gasteiger charge is -2.22. The average Bonchev–Trinajstić information content (AvgIpc) is 2.75. The first kappa shape index (κ1) is 13.5. The van der Waals surface area contributed by atoms with Gasteiger partial charge in [-0.3, -0.25) is 0 Å². The van der Waals surface area contributed by atoms with Crippen molar-refractivity contribution in [2.45, 2.75) is 50.7 Å². The van der Waals surface area contributed by atoms with Crippen LogP contribution < -0.4 is 5.32 Å². The summed E-state index contributed by atoms with van der Waals surface area (Å²) in [4.78, 5) is 0. The third-order valence-corrected chi connectivity index (χ3v) is 3.33. The molecule has 102 valence electrons. The van der Waals surface area contributed by atoms with Gasteiger partial charge in [0.1, 0.15) is 5.76 Å². The first-order chi connectivity index (χ1) is 8.56. The Labute approximate surface area is 105 Å². The quantitative estimate of drug-likeness (QED) is 0.811. The van der Waals surface area contributed by atoms with Crippen LogP contribution >= 0.6 is 0 Å². The standard InChI is InChI=1S/C13H18F3NO/c14-13(15,16)7-1-2-8-17-11-4-3-5-12-10(11)6-9-18-12/h6,9,11,17H,1-5,7-8H2. The lowest BCUT2D eigenvalue weighted by molar-refractivity contribution is -0.135. The summed E-state index contributed by atoms with van der Waals surface area (Å²) in [6, 6.07) is 2.21. The third kappa shape index (κ3) is 3.77. The van der Waals surface area contributed by atoms with Crippen molar-refractivity contribution in [3.63, 3.8) is 0 Å². The molecule has 0 radical (unpaired) electrons. The maximum atomic E-state index is 12.0. The Bertz CT molecular complexity index is 373. The van der Waals surface area contributed by atoms with Crippen LogP contribution in [0.1, 0.15) is 49.5 Å². The number of hydrogen-bond acceptors (Lipinski definition) is 2. The highest BCUT2D eigenvalue weighted by atomic mass is 19.4. The van der Waals surface area contributed by atoms with E-state index in [9.17, 15) is 13.2 Å². The number of unbranched alkanes of at least 4 members (excludes halogenated alkanes) is 1. The fourth-order valence-electron chi connectivity index (χ4n) is 2.43. The van der Waals surface area contributed by atoms with E-state index in [0.29, 0.717) is 13.0 Å². The van der Waals surface area contributed by atoms with Crippen molar-refractivity contribution in [1.82, 2.24) is 5.32 Å². The molecule has 0 fully saturated rings. The molecule has 5 heteroatoms. The first-order valence-electron chi connectivity index (χ1n) is 6.43. The number of fused-ring (bicyclic) bond motifs is 1. The number of halogens is 3. The molecule has 1 aliphatic rings. The molecule has 0 amide bonds. The van der Waals surface area contributed by atoms with Gasteiger partial charge in [-0.05, 0) is 38.3 Å². The summed E-state index contributed by atoms with van der Waals surface area (Å²) in [5.41, 5.74) is 1.18. The molecule has 0 spiro atoms. The van der Waals surface area contributed by atoms with Gasteiger partial charge in [-0.1, -0.05) is 0 Å². The van der Waals surface area contributed by atoms with Crippen molar-refractivity contribution >= 4 is 0 Å². The first-order valence-corrected chi connectivity index (χ1v) is 6.43. The number of nitrogens with one attached hydrogen (secondary N) is 1. The minimum atomic E-state index is -4.03.